The highest BCUT2D eigenvalue weighted by atomic mass is 35.5. The molecule has 0 aliphatic carbocycles. The van der Waals surface area contributed by atoms with Crippen molar-refractivity contribution in [2.24, 2.45) is 0 Å². The first-order chi connectivity index (χ1) is 15.3. The lowest BCUT2D eigenvalue weighted by molar-refractivity contribution is 0.0780. The number of carbonyl (C=O) groups is 1. The van der Waals surface area contributed by atoms with Crippen molar-refractivity contribution in [3.63, 3.8) is 0 Å². The summed E-state index contributed by atoms with van der Waals surface area (Å²) in [5, 5.41) is 12.2. The van der Waals surface area contributed by atoms with Crippen molar-refractivity contribution in [2.45, 2.75) is 5.92 Å². The van der Waals surface area contributed by atoms with E-state index >= 15 is 0 Å². The second kappa shape index (κ2) is 10.2. The number of hydrogen-bond donors (Lipinski definition) is 0. The predicted molar refractivity (Wildman–Crippen MR) is 130 cm³/mol. The fraction of sp³-hybridized carbons (Fsp3) is 0.280. The molecule has 0 radical (unpaired) electrons. The van der Waals surface area contributed by atoms with Gasteiger partial charge in [0, 0.05) is 26.1 Å². The average Bonchev–Trinajstić information content (AvgIpc) is 2.78. The summed E-state index contributed by atoms with van der Waals surface area (Å²) in [6, 6.07) is 17.0. The maximum absolute atomic E-state index is 13.7. The van der Waals surface area contributed by atoms with Gasteiger partial charge in [0.2, 0.25) is 0 Å². The summed E-state index contributed by atoms with van der Waals surface area (Å²) in [6.45, 7) is 1.16. The summed E-state index contributed by atoms with van der Waals surface area (Å²) in [5.41, 5.74) is 1.72. The van der Waals surface area contributed by atoms with E-state index in [4.69, 9.17) is 27.9 Å². The molecule has 0 aliphatic heterocycles. The van der Waals surface area contributed by atoms with Gasteiger partial charge in [0.15, 0.2) is 0 Å². The summed E-state index contributed by atoms with van der Waals surface area (Å²) >= 11 is 12.4. The maximum atomic E-state index is 13.7. The van der Waals surface area contributed by atoms with Gasteiger partial charge in [-0.3, -0.25) is 4.79 Å². The monoisotopic (exact) mass is 469 g/mol. The van der Waals surface area contributed by atoms with Crippen molar-refractivity contribution in [3.05, 3.63) is 75.3 Å². The van der Waals surface area contributed by atoms with Crippen LogP contribution in [0.3, 0.4) is 0 Å². The average molecular weight is 470 g/mol. The van der Waals surface area contributed by atoms with E-state index in [0.29, 0.717) is 40.0 Å². The lowest BCUT2D eigenvalue weighted by Crippen LogP contribution is -2.35. The number of hydrogen-bond acceptors (Lipinski definition) is 4. The van der Waals surface area contributed by atoms with Crippen molar-refractivity contribution >= 4 is 39.9 Å². The number of nitrogens with zero attached hydrogens (tertiary/aromatic N) is 3. The Bertz CT molecular complexity index is 1190. The third-order valence-electron chi connectivity index (χ3n) is 5.38. The Labute approximate surface area is 198 Å². The summed E-state index contributed by atoms with van der Waals surface area (Å²) < 4.78 is 5.52. The third-order valence-corrected chi connectivity index (χ3v) is 6.12. The fourth-order valence-electron chi connectivity index (χ4n) is 3.92. The van der Waals surface area contributed by atoms with Crippen LogP contribution in [0.25, 0.3) is 10.8 Å². The normalized spacial score (nSPS) is 11.9. The zero-order chi connectivity index (χ0) is 23.4. The lowest BCUT2D eigenvalue weighted by atomic mass is 9.96. The van der Waals surface area contributed by atoms with Crippen LogP contribution < -0.4 is 4.74 Å². The van der Waals surface area contributed by atoms with Crippen molar-refractivity contribution in [1.29, 1.82) is 5.26 Å². The van der Waals surface area contributed by atoms with Crippen LogP contribution >= 0.6 is 23.2 Å². The van der Waals surface area contributed by atoms with E-state index in [1.54, 1.807) is 24.1 Å². The van der Waals surface area contributed by atoms with E-state index in [0.717, 1.165) is 16.3 Å². The molecule has 0 aliphatic rings. The molecule has 0 heterocycles. The van der Waals surface area contributed by atoms with Crippen LogP contribution in [0.15, 0.2) is 48.5 Å². The molecule has 1 amide bonds. The molecule has 1 atom stereocenters. The number of nitriles is 1. The van der Waals surface area contributed by atoms with Crippen LogP contribution in [0, 0.1) is 11.3 Å². The number of carbonyl (C=O) groups excluding carboxylic acids is 1. The van der Waals surface area contributed by atoms with Crippen molar-refractivity contribution < 1.29 is 9.53 Å². The predicted octanol–water partition coefficient (Wildman–Crippen LogP) is 5.44. The van der Waals surface area contributed by atoms with Gasteiger partial charge in [-0.1, -0.05) is 53.5 Å². The Morgan fingerprint density at radius 2 is 1.78 bits per heavy atom. The molecule has 3 rings (SSSR count). The van der Waals surface area contributed by atoms with Gasteiger partial charge < -0.3 is 14.5 Å². The molecular formula is C25H25Cl2N3O2. The van der Waals surface area contributed by atoms with E-state index < -0.39 is 0 Å². The minimum Gasteiger partial charge on any atom is -0.495 e. The number of likely N-dealkylation sites (N-methyl/N-ethyl adjacent to an activating group) is 2. The molecule has 0 N–H and O–H groups in total. The second-order valence-electron chi connectivity index (χ2n) is 7.98. The standard InChI is InChI=1S/C25H25Cl2N3O2/c1-29(2)14-19(16-9-10-21(26)22(27)12-16)15-30(3)25(31)23-20-8-6-5-7-17(20)11-18(13-28)24(23)32-4/h5-12,19H,14-15H2,1-4H3/t19-/m1/s1. The summed E-state index contributed by atoms with van der Waals surface area (Å²) in [6.07, 6.45) is 0. The molecule has 7 heteroatoms. The Balaban J connectivity index is 2.02. The molecule has 0 bridgehead atoms. The zero-order valence-electron chi connectivity index (χ0n) is 18.5. The number of methoxy groups -OCH3 is 1. The van der Waals surface area contributed by atoms with Gasteiger partial charge in [0.1, 0.15) is 11.8 Å². The molecule has 0 unspecified atom stereocenters. The first kappa shape index (κ1) is 23.9. The molecule has 3 aromatic rings. The van der Waals surface area contributed by atoms with Gasteiger partial charge in [-0.25, -0.2) is 0 Å². The van der Waals surface area contributed by atoms with Crippen LogP contribution in [0.5, 0.6) is 5.75 Å². The molecule has 0 spiro atoms. The number of amides is 1. The van der Waals surface area contributed by atoms with Gasteiger partial charge >= 0.3 is 0 Å². The second-order valence-corrected chi connectivity index (χ2v) is 8.80. The van der Waals surface area contributed by atoms with Gasteiger partial charge in [0.05, 0.1) is 28.3 Å². The number of rotatable bonds is 7. The van der Waals surface area contributed by atoms with Gasteiger partial charge in [-0.2, -0.15) is 5.26 Å². The lowest BCUT2D eigenvalue weighted by Gasteiger charge is -2.28. The van der Waals surface area contributed by atoms with Crippen molar-refractivity contribution in [2.75, 3.05) is 41.3 Å². The molecule has 0 aromatic heterocycles. The highest BCUT2D eigenvalue weighted by Crippen LogP contribution is 2.34. The van der Waals surface area contributed by atoms with Crippen molar-refractivity contribution in [3.8, 4) is 11.8 Å². The van der Waals surface area contributed by atoms with Gasteiger partial charge in [-0.05, 0) is 48.6 Å². The van der Waals surface area contributed by atoms with E-state index in [9.17, 15) is 10.1 Å². The van der Waals surface area contributed by atoms with Crippen LogP contribution in [-0.4, -0.2) is 57.0 Å². The summed E-state index contributed by atoms with van der Waals surface area (Å²) in [4.78, 5) is 17.4. The van der Waals surface area contributed by atoms with Gasteiger partial charge in [0.25, 0.3) is 5.91 Å². The molecule has 0 saturated carbocycles. The van der Waals surface area contributed by atoms with Gasteiger partial charge in [-0.15, -0.1) is 0 Å². The van der Waals surface area contributed by atoms with E-state index in [-0.39, 0.29) is 11.8 Å². The Hall–Kier alpha value is -2.78. The molecular weight excluding hydrogens is 445 g/mol. The largest absolute Gasteiger partial charge is 0.495 e. The van der Waals surface area contributed by atoms with Crippen LogP contribution in [0.2, 0.25) is 10.0 Å². The zero-order valence-corrected chi connectivity index (χ0v) is 20.0. The van der Waals surface area contributed by atoms with E-state index in [1.165, 1.54) is 7.11 Å². The summed E-state index contributed by atoms with van der Waals surface area (Å²) in [5.74, 6) is 0.0887. The summed E-state index contributed by atoms with van der Waals surface area (Å²) in [7, 11) is 7.21. The van der Waals surface area contributed by atoms with E-state index in [2.05, 4.69) is 11.0 Å². The molecule has 32 heavy (non-hydrogen) atoms. The van der Waals surface area contributed by atoms with Crippen molar-refractivity contribution in [1.82, 2.24) is 9.80 Å². The Morgan fingerprint density at radius 1 is 1.06 bits per heavy atom. The third kappa shape index (κ3) is 4.99. The fourth-order valence-corrected chi connectivity index (χ4v) is 4.22. The van der Waals surface area contributed by atoms with E-state index in [1.807, 2.05) is 50.5 Å². The topological polar surface area (TPSA) is 56.6 Å². The van der Waals surface area contributed by atoms with Crippen LogP contribution in [0.4, 0.5) is 0 Å². The molecule has 0 saturated heterocycles. The Kier molecular flexibility index (Phi) is 7.63. The SMILES string of the molecule is COc1c(C#N)cc2ccccc2c1C(=O)N(C)C[C@@H](CN(C)C)c1ccc(Cl)c(Cl)c1. The molecule has 5 nitrogen and oxygen atoms in total. The number of benzene rings is 3. The number of halogens is 2. The molecule has 3 aromatic carbocycles. The maximum Gasteiger partial charge on any atom is 0.258 e. The smallest absolute Gasteiger partial charge is 0.258 e. The molecule has 166 valence electrons. The highest BCUT2D eigenvalue weighted by molar-refractivity contribution is 6.42. The van der Waals surface area contributed by atoms with Crippen LogP contribution in [0.1, 0.15) is 27.4 Å². The minimum absolute atomic E-state index is 0.00475. The minimum atomic E-state index is -0.209. The quantitative estimate of drug-likeness (QED) is 0.461. The number of fused-ring (bicyclic) bond motifs is 1. The first-order valence-electron chi connectivity index (χ1n) is 10.1. The van der Waals surface area contributed by atoms with Crippen LogP contribution in [-0.2, 0) is 0 Å². The molecule has 0 fully saturated rings. The highest BCUT2D eigenvalue weighted by Gasteiger charge is 2.26. The first-order valence-corrected chi connectivity index (χ1v) is 10.9. The Morgan fingerprint density at radius 3 is 2.41 bits per heavy atom. The number of ether oxygens (including phenoxy) is 1.